The molecule has 0 saturated heterocycles. The van der Waals surface area contributed by atoms with E-state index in [0.29, 0.717) is 25.3 Å². The minimum Gasteiger partial charge on any atom is -0.481 e. The maximum atomic E-state index is 11.8. The summed E-state index contributed by atoms with van der Waals surface area (Å²) in [4.78, 5) is 11.0. The van der Waals surface area contributed by atoms with Gasteiger partial charge in [-0.1, -0.05) is 6.07 Å². The van der Waals surface area contributed by atoms with Gasteiger partial charge in [-0.15, -0.1) is 0 Å². The predicted octanol–water partition coefficient (Wildman–Crippen LogP) is 1.92. The van der Waals surface area contributed by atoms with Crippen LogP contribution in [-0.4, -0.2) is 38.8 Å². The molecule has 0 aromatic heterocycles. The Kier molecular flexibility index (Phi) is 4.23. The van der Waals surface area contributed by atoms with E-state index in [2.05, 4.69) is 5.32 Å². The topological polar surface area (TPSA) is 86.7 Å². The number of hydrogen-bond donors (Lipinski definition) is 2. The standard InChI is InChI=1S/C16H22N2O4S/c1-23(21,22)18-8-7-13-14(3-2-4-15(13)18)17-10-11-5-6-12(9-11)16(19)20/h2-4,11-12,17H,5-10H2,1H3,(H,19,20)/t11-,12+/m1/s1. The second-order valence-corrected chi connectivity index (χ2v) is 8.39. The smallest absolute Gasteiger partial charge is 0.306 e. The van der Waals surface area contributed by atoms with Gasteiger partial charge in [-0.25, -0.2) is 8.42 Å². The van der Waals surface area contributed by atoms with Gasteiger partial charge >= 0.3 is 5.97 Å². The van der Waals surface area contributed by atoms with Crippen molar-refractivity contribution in [1.29, 1.82) is 0 Å². The van der Waals surface area contributed by atoms with E-state index in [4.69, 9.17) is 5.11 Å². The second-order valence-electron chi connectivity index (χ2n) is 6.48. The van der Waals surface area contributed by atoms with Crippen molar-refractivity contribution in [2.45, 2.75) is 25.7 Å². The summed E-state index contributed by atoms with van der Waals surface area (Å²) in [6.07, 6.45) is 4.32. The highest BCUT2D eigenvalue weighted by molar-refractivity contribution is 7.92. The summed E-state index contributed by atoms with van der Waals surface area (Å²) < 4.78 is 25.1. The average Bonchev–Trinajstić information content (AvgIpc) is 3.11. The number of hydrogen-bond acceptors (Lipinski definition) is 4. The van der Waals surface area contributed by atoms with Crippen LogP contribution in [0.15, 0.2) is 18.2 Å². The van der Waals surface area contributed by atoms with Crippen LogP contribution in [-0.2, 0) is 21.2 Å². The number of carboxylic acids is 1. The van der Waals surface area contributed by atoms with Crippen LogP contribution in [0, 0.1) is 11.8 Å². The van der Waals surface area contributed by atoms with E-state index in [1.165, 1.54) is 10.6 Å². The lowest BCUT2D eigenvalue weighted by atomic mass is 10.0. The maximum absolute atomic E-state index is 11.8. The van der Waals surface area contributed by atoms with Crippen LogP contribution in [0.25, 0.3) is 0 Å². The molecule has 0 spiro atoms. The Bertz CT molecular complexity index is 717. The monoisotopic (exact) mass is 338 g/mol. The van der Waals surface area contributed by atoms with Crippen LogP contribution < -0.4 is 9.62 Å². The lowest BCUT2D eigenvalue weighted by Crippen LogP contribution is -2.27. The molecule has 0 radical (unpaired) electrons. The number of fused-ring (bicyclic) bond motifs is 1. The van der Waals surface area contributed by atoms with Crippen LogP contribution in [0.1, 0.15) is 24.8 Å². The fourth-order valence-corrected chi connectivity index (χ4v) is 4.61. The molecule has 23 heavy (non-hydrogen) atoms. The summed E-state index contributed by atoms with van der Waals surface area (Å²) in [5.41, 5.74) is 2.76. The lowest BCUT2D eigenvalue weighted by molar-refractivity contribution is -0.141. The first-order valence-electron chi connectivity index (χ1n) is 7.92. The van der Waals surface area contributed by atoms with E-state index in [1.807, 2.05) is 18.2 Å². The molecule has 0 unspecified atom stereocenters. The molecule has 0 amide bonds. The van der Waals surface area contributed by atoms with Gasteiger partial charge in [-0.2, -0.15) is 0 Å². The molecular weight excluding hydrogens is 316 g/mol. The number of aliphatic carboxylic acids is 1. The van der Waals surface area contributed by atoms with Crippen molar-refractivity contribution < 1.29 is 18.3 Å². The van der Waals surface area contributed by atoms with E-state index in [9.17, 15) is 13.2 Å². The number of rotatable bonds is 5. The van der Waals surface area contributed by atoms with Gasteiger partial charge in [0.05, 0.1) is 17.9 Å². The summed E-state index contributed by atoms with van der Waals surface area (Å²) in [5.74, 6) is -0.555. The predicted molar refractivity (Wildman–Crippen MR) is 89.3 cm³/mol. The van der Waals surface area contributed by atoms with E-state index in [0.717, 1.165) is 36.3 Å². The van der Waals surface area contributed by atoms with E-state index < -0.39 is 16.0 Å². The van der Waals surface area contributed by atoms with Gasteiger partial charge in [0.25, 0.3) is 0 Å². The molecule has 7 heteroatoms. The van der Waals surface area contributed by atoms with Crippen LogP contribution in [0.5, 0.6) is 0 Å². The van der Waals surface area contributed by atoms with Crippen LogP contribution in [0.3, 0.4) is 0 Å². The molecule has 1 fully saturated rings. The van der Waals surface area contributed by atoms with E-state index >= 15 is 0 Å². The molecule has 1 aliphatic heterocycles. The molecule has 2 N–H and O–H groups in total. The highest BCUT2D eigenvalue weighted by atomic mass is 32.2. The Morgan fingerprint density at radius 1 is 1.39 bits per heavy atom. The molecule has 2 aliphatic rings. The van der Waals surface area contributed by atoms with Crippen LogP contribution >= 0.6 is 0 Å². The van der Waals surface area contributed by atoms with Crippen LogP contribution in [0.2, 0.25) is 0 Å². The minimum absolute atomic E-state index is 0.219. The highest BCUT2D eigenvalue weighted by Gasteiger charge is 2.30. The van der Waals surface area contributed by atoms with Gasteiger partial charge in [-0.3, -0.25) is 9.10 Å². The highest BCUT2D eigenvalue weighted by Crippen LogP contribution is 2.36. The molecule has 3 rings (SSSR count). The first-order chi connectivity index (χ1) is 10.9. The number of benzene rings is 1. The van der Waals surface area contributed by atoms with Gasteiger partial charge < -0.3 is 10.4 Å². The van der Waals surface area contributed by atoms with Crippen molar-refractivity contribution in [1.82, 2.24) is 0 Å². The normalized spacial score (nSPS) is 23.8. The van der Waals surface area contributed by atoms with Crippen molar-refractivity contribution in [2.24, 2.45) is 11.8 Å². The number of nitrogens with one attached hydrogen (secondary N) is 1. The number of carboxylic acid groups (broad SMARTS) is 1. The molecule has 1 aromatic carbocycles. The quantitative estimate of drug-likeness (QED) is 0.856. The maximum Gasteiger partial charge on any atom is 0.306 e. The Balaban J connectivity index is 1.69. The Hall–Kier alpha value is -1.76. The van der Waals surface area contributed by atoms with Gasteiger partial charge in [0.2, 0.25) is 10.0 Å². The van der Waals surface area contributed by atoms with Gasteiger partial charge in [0, 0.05) is 24.3 Å². The summed E-state index contributed by atoms with van der Waals surface area (Å²) in [6, 6.07) is 5.66. The molecule has 1 aromatic rings. The molecule has 1 saturated carbocycles. The third-order valence-electron chi connectivity index (χ3n) is 4.86. The minimum atomic E-state index is -3.24. The summed E-state index contributed by atoms with van der Waals surface area (Å²) in [6.45, 7) is 1.22. The molecule has 6 nitrogen and oxygen atoms in total. The first kappa shape index (κ1) is 16.1. The summed E-state index contributed by atoms with van der Waals surface area (Å²) in [5, 5.41) is 12.5. The third-order valence-corrected chi connectivity index (χ3v) is 6.04. The molecular formula is C16H22N2O4S. The Labute approximate surface area is 136 Å². The van der Waals surface area contributed by atoms with Gasteiger partial charge in [-0.05, 0) is 43.7 Å². The molecule has 2 atom stereocenters. The Morgan fingerprint density at radius 3 is 2.83 bits per heavy atom. The molecule has 1 aliphatic carbocycles. The zero-order valence-corrected chi connectivity index (χ0v) is 14.0. The van der Waals surface area contributed by atoms with Gasteiger partial charge in [0.15, 0.2) is 0 Å². The van der Waals surface area contributed by atoms with E-state index in [1.54, 1.807) is 0 Å². The van der Waals surface area contributed by atoms with Crippen molar-refractivity contribution in [2.75, 3.05) is 29.0 Å². The second kappa shape index (κ2) is 6.03. The van der Waals surface area contributed by atoms with Crippen LogP contribution in [0.4, 0.5) is 11.4 Å². The van der Waals surface area contributed by atoms with E-state index in [-0.39, 0.29) is 5.92 Å². The fourth-order valence-electron chi connectivity index (χ4n) is 3.65. The lowest BCUT2D eigenvalue weighted by Gasteiger charge is -2.18. The Morgan fingerprint density at radius 2 is 2.17 bits per heavy atom. The fraction of sp³-hybridized carbons (Fsp3) is 0.562. The SMILES string of the molecule is CS(=O)(=O)N1CCc2c(NC[C@@H]3CC[C@H](C(=O)O)C3)cccc21. The molecule has 1 heterocycles. The van der Waals surface area contributed by atoms with Crippen molar-refractivity contribution in [3.8, 4) is 0 Å². The number of nitrogens with zero attached hydrogens (tertiary/aromatic N) is 1. The summed E-state index contributed by atoms with van der Waals surface area (Å²) >= 11 is 0. The third kappa shape index (κ3) is 3.29. The van der Waals surface area contributed by atoms with Crippen molar-refractivity contribution in [3.05, 3.63) is 23.8 Å². The number of sulfonamides is 1. The summed E-state index contributed by atoms with van der Waals surface area (Å²) in [7, 11) is -3.24. The number of anilines is 2. The van der Waals surface area contributed by atoms with Gasteiger partial charge in [0.1, 0.15) is 0 Å². The van der Waals surface area contributed by atoms with Crippen molar-refractivity contribution in [3.63, 3.8) is 0 Å². The molecule has 126 valence electrons. The zero-order valence-electron chi connectivity index (χ0n) is 13.2. The zero-order chi connectivity index (χ0) is 16.6. The molecule has 0 bridgehead atoms. The number of carbonyl (C=O) groups is 1. The van der Waals surface area contributed by atoms with Crippen molar-refractivity contribution >= 4 is 27.4 Å². The first-order valence-corrected chi connectivity index (χ1v) is 9.77. The largest absolute Gasteiger partial charge is 0.481 e. The average molecular weight is 338 g/mol.